The highest BCUT2D eigenvalue weighted by Crippen LogP contribution is 2.41. The van der Waals surface area contributed by atoms with E-state index in [0.717, 1.165) is 11.8 Å². The monoisotopic (exact) mass is 463 g/mol. The second-order valence-electron chi connectivity index (χ2n) is 6.11. The smallest absolute Gasteiger partial charge is 0.416 e. The number of carbonyl (C=O) groups is 1. The Morgan fingerprint density at radius 1 is 1.00 bits per heavy atom. The van der Waals surface area contributed by atoms with E-state index in [4.69, 9.17) is 17.0 Å². The molecule has 1 saturated heterocycles. The number of alkyl halides is 6. The van der Waals surface area contributed by atoms with E-state index in [-0.39, 0.29) is 32.2 Å². The Morgan fingerprint density at radius 2 is 1.60 bits per heavy atom. The second-order valence-corrected chi connectivity index (χ2v) is 7.83. The Labute approximate surface area is 176 Å². The first-order chi connectivity index (χ1) is 13.9. The van der Waals surface area contributed by atoms with Crippen LogP contribution in [0.5, 0.6) is 5.75 Å². The van der Waals surface area contributed by atoms with E-state index >= 15 is 0 Å². The lowest BCUT2D eigenvalue weighted by atomic mass is 9.96. The fourth-order valence-corrected chi connectivity index (χ4v) is 3.77. The molecule has 1 aliphatic rings. The van der Waals surface area contributed by atoms with Gasteiger partial charge in [-0.05, 0) is 47.5 Å². The number of carbonyl (C=O) groups excluding carboxylic acids is 1. The number of nitrogens with one attached hydrogen (secondary N) is 1. The van der Waals surface area contributed by atoms with Crippen molar-refractivity contribution in [3.8, 4) is 16.9 Å². The van der Waals surface area contributed by atoms with Crippen molar-refractivity contribution in [2.24, 2.45) is 0 Å². The highest BCUT2D eigenvalue weighted by molar-refractivity contribution is 8.26. The zero-order valence-electron chi connectivity index (χ0n) is 14.9. The SMILES string of the molecule is COc1ccc(C=C2SC(=S)NC2=O)cc1-c1cc(C(F)(F)F)cc(C(F)(F)F)c1. The Hall–Kier alpha value is -2.53. The molecule has 3 rings (SSSR count). The molecule has 3 nitrogen and oxygen atoms in total. The summed E-state index contributed by atoms with van der Waals surface area (Å²) in [7, 11) is 1.24. The fourth-order valence-electron chi connectivity index (χ4n) is 2.72. The van der Waals surface area contributed by atoms with E-state index in [2.05, 4.69) is 5.32 Å². The normalized spacial score (nSPS) is 16.2. The van der Waals surface area contributed by atoms with Gasteiger partial charge in [-0.2, -0.15) is 26.3 Å². The molecule has 11 heteroatoms. The van der Waals surface area contributed by atoms with Gasteiger partial charge in [0.1, 0.15) is 10.1 Å². The van der Waals surface area contributed by atoms with E-state index in [9.17, 15) is 31.1 Å². The van der Waals surface area contributed by atoms with Gasteiger partial charge in [0.25, 0.3) is 5.91 Å². The molecule has 0 unspecified atom stereocenters. The van der Waals surface area contributed by atoms with Crippen molar-refractivity contribution in [2.75, 3.05) is 7.11 Å². The molecule has 0 radical (unpaired) electrons. The number of benzene rings is 2. The molecule has 0 spiro atoms. The standard InChI is InChI=1S/C19H11F6NO2S2/c1-28-14-3-2-9(5-15-16(27)26-17(29)30-15)4-13(14)10-6-11(18(20,21)22)8-12(7-10)19(23,24)25/h2-8H,1H3,(H,26,27,29). The van der Waals surface area contributed by atoms with Crippen molar-refractivity contribution in [2.45, 2.75) is 12.4 Å². The largest absolute Gasteiger partial charge is 0.496 e. The van der Waals surface area contributed by atoms with Crippen LogP contribution in [0.2, 0.25) is 0 Å². The van der Waals surface area contributed by atoms with Gasteiger partial charge in [0.05, 0.1) is 23.1 Å². The fraction of sp³-hybridized carbons (Fsp3) is 0.158. The summed E-state index contributed by atoms with van der Waals surface area (Å²) in [5.74, 6) is -0.371. The van der Waals surface area contributed by atoms with E-state index in [1.54, 1.807) is 0 Å². The zero-order valence-corrected chi connectivity index (χ0v) is 16.6. The van der Waals surface area contributed by atoms with Crippen LogP contribution in [0.15, 0.2) is 41.3 Å². The lowest BCUT2D eigenvalue weighted by Gasteiger charge is -2.16. The van der Waals surface area contributed by atoms with Crippen LogP contribution in [0.3, 0.4) is 0 Å². The van der Waals surface area contributed by atoms with E-state index < -0.39 is 29.4 Å². The van der Waals surface area contributed by atoms with Crippen LogP contribution >= 0.6 is 24.0 Å². The van der Waals surface area contributed by atoms with Gasteiger partial charge in [-0.3, -0.25) is 4.79 Å². The maximum atomic E-state index is 13.2. The Kier molecular flexibility index (Phi) is 5.87. The summed E-state index contributed by atoms with van der Waals surface area (Å²) in [5, 5.41) is 2.42. The van der Waals surface area contributed by atoms with Crippen molar-refractivity contribution < 1.29 is 35.9 Å². The van der Waals surface area contributed by atoms with Crippen molar-refractivity contribution in [3.63, 3.8) is 0 Å². The molecule has 0 atom stereocenters. The summed E-state index contributed by atoms with van der Waals surface area (Å²) < 4.78 is 84.5. The van der Waals surface area contributed by atoms with Crippen molar-refractivity contribution in [1.29, 1.82) is 0 Å². The number of methoxy groups -OCH3 is 1. The van der Waals surface area contributed by atoms with Gasteiger partial charge in [0, 0.05) is 5.56 Å². The number of amides is 1. The quantitative estimate of drug-likeness (QED) is 0.350. The van der Waals surface area contributed by atoms with Crippen LogP contribution in [0.25, 0.3) is 17.2 Å². The molecule has 0 saturated carbocycles. The molecule has 30 heavy (non-hydrogen) atoms. The molecule has 1 aliphatic heterocycles. The average molecular weight is 463 g/mol. The predicted molar refractivity (Wildman–Crippen MR) is 105 cm³/mol. The van der Waals surface area contributed by atoms with E-state index in [1.807, 2.05) is 0 Å². The minimum Gasteiger partial charge on any atom is -0.496 e. The number of thiocarbonyl (C=S) groups is 1. The molecule has 158 valence electrons. The van der Waals surface area contributed by atoms with Crippen LogP contribution in [0, 0.1) is 0 Å². The molecular formula is C19H11F6NO2S2. The molecule has 0 bridgehead atoms. The summed E-state index contributed by atoms with van der Waals surface area (Å²) >= 11 is 5.88. The third-order valence-electron chi connectivity index (χ3n) is 4.06. The van der Waals surface area contributed by atoms with Gasteiger partial charge >= 0.3 is 12.4 Å². The molecule has 1 fully saturated rings. The lowest BCUT2D eigenvalue weighted by molar-refractivity contribution is -0.143. The maximum Gasteiger partial charge on any atom is 0.416 e. The highest BCUT2D eigenvalue weighted by atomic mass is 32.2. The second kappa shape index (κ2) is 7.95. The van der Waals surface area contributed by atoms with Crippen LogP contribution in [0.4, 0.5) is 26.3 Å². The highest BCUT2D eigenvalue weighted by Gasteiger charge is 2.37. The Balaban J connectivity index is 2.18. The van der Waals surface area contributed by atoms with Crippen LogP contribution in [0.1, 0.15) is 16.7 Å². The van der Waals surface area contributed by atoms with Crippen molar-refractivity contribution in [3.05, 3.63) is 58.0 Å². The van der Waals surface area contributed by atoms with E-state index in [1.165, 1.54) is 31.4 Å². The third-order valence-corrected chi connectivity index (χ3v) is 5.22. The molecule has 0 aliphatic carbocycles. The summed E-state index contributed by atoms with van der Waals surface area (Å²) in [4.78, 5) is 12.1. The summed E-state index contributed by atoms with van der Waals surface area (Å²) in [6.45, 7) is 0. The molecule has 1 N–H and O–H groups in total. The average Bonchev–Trinajstić information content (AvgIpc) is 2.96. The minimum absolute atomic E-state index is 0.00873. The van der Waals surface area contributed by atoms with Gasteiger partial charge in [-0.15, -0.1) is 0 Å². The number of hydrogen-bond donors (Lipinski definition) is 1. The Bertz CT molecular complexity index is 1030. The van der Waals surface area contributed by atoms with Crippen LogP contribution < -0.4 is 10.1 Å². The minimum atomic E-state index is -4.98. The van der Waals surface area contributed by atoms with Crippen LogP contribution in [-0.4, -0.2) is 17.3 Å². The van der Waals surface area contributed by atoms with Gasteiger partial charge in [-0.25, -0.2) is 0 Å². The summed E-state index contributed by atoms with van der Waals surface area (Å²) in [5.41, 5.74) is -2.81. The molecule has 1 heterocycles. The molecule has 2 aromatic rings. The van der Waals surface area contributed by atoms with Crippen LogP contribution in [-0.2, 0) is 17.1 Å². The number of ether oxygens (including phenoxy) is 1. The maximum absolute atomic E-state index is 13.2. The number of hydrogen-bond acceptors (Lipinski definition) is 4. The molecular weight excluding hydrogens is 452 g/mol. The van der Waals surface area contributed by atoms with Gasteiger partial charge in [0.15, 0.2) is 0 Å². The van der Waals surface area contributed by atoms with Gasteiger partial charge in [0.2, 0.25) is 0 Å². The number of halogens is 6. The first-order valence-electron chi connectivity index (χ1n) is 8.11. The summed E-state index contributed by atoms with van der Waals surface area (Å²) in [6.07, 6.45) is -8.52. The predicted octanol–water partition coefficient (Wildman–Crippen LogP) is 5.89. The zero-order chi connectivity index (χ0) is 22.3. The summed E-state index contributed by atoms with van der Waals surface area (Å²) in [6, 6.07) is 5.55. The Morgan fingerprint density at radius 3 is 2.07 bits per heavy atom. The van der Waals surface area contributed by atoms with Gasteiger partial charge < -0.3 is 10.1 Å². The molecule has 1 amide bonds. The van der Waals surface area contributed by atoms with Gasteiger partial charge in [-0.1, -0.05) is 30.0 Å². The van der Waals surface area contributed by atoms with Crippen molar-refractivity contribution >= 4 is 40.3 Å². The topological polar surface area (TPSA) is 38.3 Å². The number of rotatable bonds is 3. The van der Waals surface area contributed by atoms with E-state index in [0.29, 0.717) is 17.7 Å². The number of thioether (sulfide) groups is 1. The first-order valence-corrected chi connectivity index (χ1v) is 9.33. The third kappa shape index (κ3) is 4.78. The molecule has 2 aromatic carbocycles. The lowest BCUT2D eigenvalue weighted by Crippen LogP contribution is -2.17. The van der Waals surface area contributed by atoms with Crippen molar-refractivity contribution in [1.82, 2.24) is 5.32 Å². The first kappa shape index (κ1) is 22.2. The molecule has 0 aromatic heterocycles.